The zero-order valence-corrected chi connectivity index (χ0v) is 15.1. The van der Waals surface area contributed by atoms with Crippen molar-refractivity contribution in [3.8, 4) is 0 Å². The van der Waals surface area contributed by atoms with Crippen LogP contribution in [0.2, 0.25) is 0 Å². The first kappa shape index (κ1) is 17.4. The van der Waals surface area contributed by atoms with E-state index in [9.17, 15) is 4.79 Å². The van der Waals surface area contributed by atoms with Crippen LogP contribution in [0, 0.1) is 0 Å². The fourth-order valence-corrected chi connectivity index (χ4v) is 2.58. The van der Waals surface area contributed by atoms with E-state index < -0.39 is 5.97 Å². The molecule has 132 valence electrons. The van der Waals surface area contributed by atoms with E-state index >= 15 is 0 Å². The molecular formula is C19H23N3O3. The third kappa shape index (κ3) is 3.79. The number of hydroxylamine groups is 1. The average molecular weight is 341 g/mol. The maximum atomic E-state index is 12.2. The van der Waals surface area contributed by atoms with Crippen molar-refractivity contribution in [2.75, 3.05) is 11.7 Å². The van der Waals surface area contributed by atoms with E-state index in [1.165, 1.54) is 5.56 Å². The van der Waals surface area contributed by atoms with Crippen molar-refractivity contribution in [1.29, 1.82) is 0 Å². The number of carbonyl (C=O) groups excluding carboxylic acids is 1. The Morgan fingerprint density at radius 1 is 1.24 bits per heavy atom. The molecule has 0 amide bonds. The Balaban J connectivity index is 1.98. The largest absolute Gasteiger partial charge is 0.460 e. The van der Waals surface area contributed by atoms with Crippen LogP contribution < -0.4 is 5.06 Å². The van der Waals surface area contributed by atoms with Crippen molar-refractivity contribution in [2.45, 2.75) is 46.3 Å². The monoisotopic (exact) mass is 341 g/mol. The summed E-state index contributed by atoms with van der Waals surface area (Å²) in [5.74, 6) is 0.108. The Morgan fingerprint density at radius 2 is 1.96 bits per heavy atom. The fraction of sp³-hybridized carbons (Fsp3) is 0.421. The molecule has 0 radical (unpaired) electrons. The number of aromatic nitrogens is 2. The molecule has 0 N–H and O–H groups in total. The minimum Gasteiger partial charge on any atom is -0.460 e. The summed E-state index contributed by atoms with van der Waals surface area (Å²) in [6.07, 6.45) is 0. The Kier molecular flexibility index (Phi) is 4.72. The van der Waals surface area contributed by atoms with Gasteiger partial charge in [0.25, 0.3) is 0 Å². The summed E-state index contributed by atoms with van der Waals surface area (Å²) in [7, 11) is 0. The average Bonchev–Trinajstić information content (AvgIpc) is 2.60. The van der Waals surface area contributed by atoms with Gasteiger partial charge in [-0.15, -0.1) is 0 Å². The van der Waals surface area contributed by atoms with Gasteiger partial charge in [-0.05, 0) is 18.1 Å². The molecule has 1 aromatic carbocycles. The maximum absolute atomic E-state index is 12.2. The highest BCUT2D eigenvalue weighted by Crippen LogP contribution is 2.28. The van der Waals surface area contributed by atoms with Crippen molar-refractivity contribution in [3.05, 3.63) is 53.0 Å². The molecule has 6 nitrogen and oxygen atoms in total. The summed E-state index contributed by atoms with van der Waals surface area (Å²) in [5.41, 5.74) is 2.88. The highest BCUT2D eigenvalue weighted by Gasteiger charge is 2.25. The van der Waals surface area contributed by atoms with E-state index in [1.807, 2.05) is 39.0 Å². The van der Waals surface area contributed by atoms with Crippen LogP contribution in [0.3, 0.4) is 0 Å². The Hall–Kier alpha value is -2.47. The van der Waals surface area contributed by atoms with E-state index in [0.717, 1.165) is 11.3 Å². The Morgan fingerprint density at radius 3 is 2.64 bits per heavy atom. The number of carbonyl (C=O) groups is 1. The number of esters is 1. The number of hydrogen-bond acceptors (Lipinski definition) is 6. The normalized spacial score (nSPS) is 14.2. The van der Waals surface area contributed by atoms with Crippen LogP contribution in [0.15, 0.2) is 30.3 Å². The molecule has 25 heavy (non-hydrogen) atoms. The summed E-state index contributed by atoms with van der Waals surface area (Å²) in [4.78, 5) is 26.8. The summed E-state index contributed by atoms with van der Waals surface area (Å²) in [6.45, 7) is 9.21. The van der Waals surface area contributed by atoms with Crippen LogP contribution >= 0.6 is 0 Å². The van der Waals surface area contributed by atoms with E-state index in [4.69, 9.17) is 9.57 Å². The SMILES string of the molecule is CCOC(=O)c1nc(N2Cc3ccccc3CO2)cc(C(C)(C)C)n1. The number of anilines is 1. The summed E-state index contributed by atoms with van der Waals surface area (Å²) in [5, 5.41) is 1.71. The van der Waals surface area contributed by atoms with Crippen molar-refractivity contribution in [3.63, 3.8) is 0 Å². The van der Waals surface area contributed by atoms with Gasteiger partial charge in [0, 0.05) is 11.5 Å². The first-order chi connectivity index (χ1) is 11.9. The summed E-state index contributed by atoms with van der Waals surface area (Å²) < 4.78 is 5.07. The van der Waals surface area contributed by atoms with Gasteiger partial charge >= 0.3 is 5.97 Å². The molecule has 3 rings (SSSR count). The molecule has 1 aromatic heterocycles. The lowest BCUT2D eigenvalue weighted by molar-refractivity contribution is 0.0508. The maximum Gasteiger partial charge on any atom is 0.376 e. The van der Waals surface area contributed by atoms with Gasteiger partial charge in [-0.25, -0.2) is 19.8 Å². The van der Waals surface area contributed by atoms with Crippen LogP contribution in [-0.4, -0.2) is 22.5 Å². The molecule has 2 aromatic rings. The van der Waals surface area contributed by atoms with Crippen LogP contribution in [0.25, 0.3) is 0 Å². The predicted octanol–water partition coefficient (Wildman–Crippen LogP) is 3.40. The van der Waals surface area contributed by atoms with Crippen molar-refractivity contribution >= 4 is 11.8 Å². The van der Waals surface area contributed by atoms with Gasteiger partial charge in [-0.2, -0.15) is 0 Å². The molecule has 0 unspecified atom stereocenters. The molecular weight excluding hydrogens is 318 g/mol. The number of ether oxygens (including phenoxy) is 1. The van der Waals surface area contributed by atoms with Crippen molar-refractivity contribution in [1.82, 2.24) is 9.97 Å². The van der Waals surface area contributed by atoms with E-state index in [1.54, 1.807) is 12.0 Å². The number of rotatable bonds is 3. The quantitative estimate of drug-likeness (QED) is 0.797. The zero-order valence-electron chi connectivity index (χ0n) is 15.1. The number of benzene rings is 1. The Labute approximate surface area is 147 Å². The second-order valence-electron chi connectivity index (χ2n) is 6.98. The van der Waals surface area contributed by atoms with Gasteiger partial charge in [0.2, 0.25) is 5.82 Å². The Bertz CT molecular complexity index is 784. The molecule has 0 spiro atoms. The summed E-state index contributed by atoms with van der Waals surface area (Å²) >= 11 is 0. The minimum atomic E-state index is -0.521. The van der Waals surface area contributed by atoms with E-state index in [0.29, 0.717) is 19.0 Å². The highest BCUT2D eigenvalue weighted by molar-refractivity contribution is 5.85. The molecule has 0 atom stereocenters. The fourth-order valence-electron chi connectivity index (χ4n) is 2.58. The lowest BCUT2D eigenvalue weighted by Crippen LogP contribution is -2.30. The zero-order chi connectivity index (χ0) is 18.0. The molecule has 2 heterocycles. The lowest BCUT2D eigenvalue weighted by atomic mass is 9.92. The van der Waals surface area contributed by atoms with E-state index in [-0.39, 0.29) is 17.8 Å². The van der Waals surface area contributed by atoms with Gasteiger partial charge in [0.1, 0.15) is 6.61 Å². The molecule has 1 aliphatic heterocycles. The number of nitrogens with zero attached hydrogens (tertiary/aromatic N) is 3. The third-order valence-corrected chi connectivity index (χ3v) is 4.00. The highest BCUT2D eigenvalue weighted by atomic mass is 16.7. The van der Waals surface area contributed by atoms with Crippen LogP contribution in [0.4, 0.5) is 5.82 Å². The lowest BCUT2D eigenvalue weighted by Gasteiger charge is -2.30. The van der Waals surface area contributed by atoms with Crippen LogP contribution in [0.1, 0.15) is 55.1 Å². The predicted molar refractivity (Wildman–Crippen MR) is 94.1 cm³/mol. The van der Waals surface area contributed by atoms with Crippen LogP contribution in [0.5, 0.6) is 0 Å². The smallest absolute Gasteiger partial charge is 0.376 e. The van der Waals surface area contributed by atoms with Gasteiger partial charge in [0.15, 0.2) is 5.82 Å². The first-order valence-electron chi connectivity index (χ1n) is 8.42. The number of hydrogen-bond donors (Lipinski definition) is 0. The van der Waals surface area contributed by atoms with Gasteiger partial charge in [0.05, 0.1) is 18.8 Å². The topological polar surface area (TPSA) is 64.5 Å². The van der Waals surface area contributed by atoms with E-state index in [2.05, 4.69) is 22.1 Å². The molecule has 1 aliphatic rings. The first-order valence-corrected chi connectivity index (χ1v) is 8.42. The third-order valence-electron chi connectivity index (χ3n) is 4.00. The van der Waals surface area contributed by atoms with Gasteiger partial charge in [-0.1, -0.05) is 45.0 Å². The number of fused-ring (bicyclic) bond motifs is 1. The molecule has 0 fully saturated rings. The summed E-state index contributed by atoms with van der Waals surface area (Å²) in [6, 6.07) is 10.0. The molecule has 0 saturated carbocycles. The molecule has 0 saturated heterocycles. The van der Waals surface area contributed by atoms with Crippen LogP contribution in [-0.2, 0) is 28.1 Å². The molecule has 0 aliphatic carbocycles. The molecule has 6 heteroatoms. The minimum absolute atomic E-state index is 0.0618. The molecule has 0 bridgehead atoms. The standard InChI is InChI=1S/C19H23N3O3/c1-5-24-18(23)17-20-15(19(2,3)4)10-16(21-17)22-11-13-8-6-7-9-14(13)12-25-22/h6-10H,5,11-12H2,1-4H3. The van der Waals surface area contributed by atoms with Crippen molar-refractivity contribution < 1.29 is 14.4 Å². The van der Waals surface area contributed by atoms with Gasteiger partial charge in [-0.3, -0.25) is 4.84 Å². The second-order valence-corrected chi connectivity index (χ2v) is 6.98. The second kappa shape index (κ2) is 6.80. The van der Waals surface area contributed by atoms with Crippen molar-refractivity contribution in [2.24, 2.45) is 0 Å². The van der Waals surface area contributed by atoms with Gasteiger partial charge < -0.3 is 4.74 Å².